The van der Waals surface area contributed by atoms with Crippen molar-refractivity contribution in [3.8, 4) is 0 Å². The van der Waals surface area contributed by atoms with Crippen molar-refractivity contribution in [2.45, 2.75) is 6.42 Å². The summed E-state index contributed by atoms with van der Waals surface area (Å²) >= 11 is 11.6. The third-order valence-corrected chi connectivity index (χ3v) is 3.67. The Balaban J connectivity index is 2.43. The highest BCUT2D eigenvalue weighted by Crippen LogP contribution is 2.32. The van der Waals surface area contributed by atoms with Gasteiger partial charge in [-0.25, -0.2) is 4.79 Å². The van der Waals surface area contributed by atoms with Gasteiger partial charge in [-0.05, 0) is 18.1 Å². The van der Waals surface area contributed by atoms with Gasteiger partial charge >= 0.3 is 5.97 Å². The smallest absolute Gasteiger partial charge is 0.339 e. The number of carbonyl (C=O) groups is 2. The summed E-state index contributed by atoms with van der Waals surface area (Å²) in [7, 11) is 0. The Morgan fingerprint density at radius 1 is 1.50 bits per heavy atom. The van der Waals surface area contributed by atoms with Crippen LogP contribution in [0.25, 0.3) is 0 Å². The Morgan fingerprint density at radius 2 is 2.22 bits per heavy atom. The van der Waals surface area contributed by atoms with Crippen molar-refractivity contribution in [3.63, 3.8) is 0 Å². The van der Waals surface area contributed by atoms with E-state index in [-0.39, 0.29) is 22.4 Å². The average Bonchev–Trinajstić information content (AvgIpc) is 2.69. The second kappa shape index (κ2) is 5.16. The lowest BCUT2D eigenvalue weighted by molar-refractivity contribution is -0.117. The van der Waals surface area contributed by atoms with E-state index in [4.69, 9.17) is 28.3 Å². The number of aromatic carboxylic acids is 1. The molecule has 1 aromatic carbocycles. The van der Waals surface area contributed by atoms with E-state index in [0.29, 0.717) is 24.5 Å². The van der Waals surface area contributed by atoms with Crippen molar-refractivity contribution in [1.29, 1.82) is 0 Å². The SMILES string of the molecule is O=C(O)c1c(Cl)cccc1N1CC(CCl)CC1=O. The van der Waals surface area contributed by atoms with Gasteiger partial charge in [0.25, 0.3) is 0 Å². The van der Waals surface area contributed by atoms with Crippen LogP contribution in [0.1, 0.15) is 16.8 Å². The Morgan fingerprint density at radius 3 is 2.78 bits per heavy atom. The lowest BCUT2D eigenvalue weighted by Gasteiger charge is -2.19. The zero-order chi connectivity index (χ0) is 13.3. The summed E-state index contributed by atoms with van der Waals surface area (Å²) in [5.74, 6) is -0.825. The first-order chi connectivity index (χ1) is 8.54. The van der Waals surface area contributed by atoms with E-state index in [1.165, 1.54) is 11.0 Å². The number of hydrogen-bond acceptors (Lipinski definition) is 2. The molecule has 1 atom stereocenters. The minimum absolute atomic E-state index is 0.0391. The largest absolute Gasteiger partial charge is 0.478 e. The van der Waals surface area contributed by atoms with Crippen LogP contribution in [0.5, 0.6) is 0 Å². The number of amides is 1. The van der Waals surface area contributed by atoms with Gasteiger partial charge in [0.05, 0.1) is 10.7 Å². The van der Waals surface area contributed by atoms with Crippen LogP contribution in [0.3, 0.4) is 0 Å². The number of hydrogen-bond donors (Lipinski definition) is 1. The van der Waals surface area contributed by atoms with Gasteiger partial charge in [0.1, 0.15) is 5.56 Å². The molecule has 1 N–H and O–H groups in total. The number of benzene rings is 1. The summed E-state index contributed by atoms with van der Waals surface area (Å²) in [5.41, 5.74) is 0.301. The van der Waals surface area contributed by atoms with Crippen LogP contribution in [-0.4, -0.2) is 29.4 Å². The Hall–Kier alpha value is -1.26. The topological polar surface area (TPSA) is 57.6 Å². The van der Waals surface area contributed by atoms with E-state index in [2.05, 4.69) is 0 Å². The molecule has 1 aromatic rings. The number of carboxylic acid groups (broad SMARTS) is 1. The first-order valence-electron chi connectivity index (χ1n) is 5.42. The second-order valence-corrected chi connectivity index (χ2v) is 4.88. The third-order valence-electron chi connectivity index (χ3n) is 2.92. The molecule has 96 valence electrons. The Labute approximate surface area is 114 Å². The lowest BCUT2D eigenvalue weighted by Crippen LogP contribution is -2.26. The highest BCUT2D eigenvalue weighted by atomic mass is 35.5. The van der Waals surface area contributed by atoms with Crippen LogP contribution in [-0.2, 0) is 4.79 Å². The van der Waals surface area contributed by atoms with Gasteiger partial charge in [-0.15, -0.1) is 11.6 Å². The van der Waals surface area contributed by atoms with E-state index >= 15 is 0 Å². The van der Waals surface area contributed by atoms with E-state index < -0.39 is 5.97 Å². The van der Waals surface area contributed by atoms with Crippen LogP contribution in [0.2, 0.25) is 5.02 Å². The van der Waals surface area contributed by atoms with Crippen LogP contribution in [0, 0.1) is 5.92 Å². The fourth-order valence-corrected chi connectivity index (χ4v) is 2.52. The first kappa shape index (κ1) is 13.2. The van der Waals surface area contributed by atoms with E-state index in [1.54, 1.807) is 12.1 Å². The van der Waals surface area contributed by atoms with Crippen molar-refractivity contribution in [3.05, 3.63) is 28.8 Å². The van der Waals surface area contributed by atoms with E-state index in [1.807, 2.05) is 0 Å². The van der Waals surface area contributed by atoms with Crippen LogP contribution in [0.4, 0.5) is 5.69 Å². The zero-order valence-electron chi connectivity index (χ0n) is 9.40. The normalized spacial score (nSPS) is 19.3. The van der Waals surface area contributed by atoms with E-state index in [0.717, 1.165) is 0 Å². The van der Waals surface area contributed by atoms with Crippen molar-refractivity contribution in [2.75, 3.05) is 17.3 Å². The number of anilines is 1. The summed E-state index contributed by atoms with van der Waals surface area (Å²) < 4.78 is 0. The molecular weight excluding hydrogens is 277 g/mol. The van der Waals surface area contributed by atoms with Crippen LogP contribution < -0.4 is 4.90 Å². The number of halogens is 2. The predicted octanol–water partition coefficient (Wildman–Crippen LogP) is 2.63. The molecule has 4 nitrogen and oxygen atoms in total. The average molecular weight is 288 g/mol. The molecule has 0 bridgehead atoms. The van der Waals surface area contributed by atoms with Crippen molar-refractivity contribution >= 4 is 40.8 Å². The molecule has 18 heavy (non-hydrogen) atoms. The summed E-state index contributed by atoms with van der Waals surface area (Å²) in [5, 5.41) is 9.29. The van der Waals surface area contributed by atoms with Gasteiger partial charge in [0.2, 0.25) is 5.91 Å². The molecule has 1 fully saturated rings. The summed E-state index contributed by atoms with van der Waals surface area (Å²) in [6.45, 7) is 0.433. The van der Waals surface area contributed by atoms with Gasteiger partial charge in [0.15, 0.2) is 0 Å². The van der Waals surface area contributed by atoms with Gasteiger partial charge < -0.3 is 10.0 Å². The van der Waals surface area contributed by atoms with Gasteiger partial charge in [-0.1, -0.05) is 17.7 Å². The minimum atomic E-state index is -1.14. The fraction of sp³-hybridized carbons (Fsp3) is 0.333. The minimum Gasteiger partial charge on any atom is -0.478 e. The zero-order valence-corrected chi connectivity index (χ0v) is 10.9. The van der Waals surface area contributed by atoms with Gasteiger partial charge in [-0.3, -0.25) is 4.79 Å². The molecule has 1 aliphatic heterocycles. The maximum atomic E-state index is 11.9. The Kier molecular flexibility index (Phi) is 3.78. The molecule has 1 saturated heterocycles. The summed E-state index contributed by atoms with van der Waals surface area (Å²) in [4.78, 5) is 24.5. The summed E-state index contributed by atoms with van der Waals surface area (Å²) in [6.07, 6.45) is 0.342. The molecule has 1 unspecified atom stereocenters. The highest BCUT2D eigenvalue weighted by molar-refractivity contribution is 6.34. The van der Waals surface area contributed by atoms with Crippen molar-refractivity contribution in [2.24, 2.45) is 5.92 Å². The lowest BCUT2D eigenvalue weighted by atomic mass is 10.1. The number of nitrogens with zero attached hydrogens (tertiary/aromatic N) is 1. The van der Waals surface area contributed by atoms with Gasteiger partial charge in [0, 0.05) is 18.8 Å². The standard InChI is InChI=1S/C12H11Cl2NO3/c13-5-7-4-10(16)15(6-7)9-3-1-2-8(14)11(9)12(17)18/h1-3,7H,4-6H2,(H,17,18). The molecule has 0 radical (unpaired) electrons. The number of carboxylic acids is 1. The molecule has 1 aliphatic rings. The molecule has 6 heteroatoms. The molecule has 0 spiro atoms. The number of alkyl halides is 1. The molecule has 1 amide bonds. The molecule has 1 heterocycles. The van der Waals surface area contributed by atoms with Crippen LogP contribution in [0.15, 0.2) is 18.2 Å². The Bertz CT molecular complexity index is 504. The second-order valence-electron chi connectivity index (χ2n) is 4.17. The monoisotopic (exact) mass is 287 g/mol. The number of carbonyl (C=O) groups excluding carboxylic acids is 1. The molecule has 0 aliphatic carbocycles. The molecule has 0 saturated carbocycles. The fourth-order valence-electron chi connectivity index (χ4n) is 2.07. The van der Waals surface area contributed by atoms with Crippen molar-refractivity contribution in [1.82, 2.24) is 0 Å². The number of rotatable bonds is 3. The molecule has 2 rings (SSSR count). The third kappa shape index (κ3) is 2.31. The first-order valence-corrected chi connectivity index (χ1v) is 6.34. The molecular formula is C12H11Cl2NO3. The maximum Gasteiger partial charge on any atom is 0.339 e. The maximum absolute atomic E-state index is 11.9. The van der Waals surface area contributed by atoms with Gasteiger partial charge in [-0.2, -0.15) is 0 Å². The van der Waals surface area contributed by atoms with Crippen LogP contribution >= 0.6 is 23.2 Å². The van der Waals surface area contributed by atoms with E-state index in [9.17, 15) is 9.59 Å². The highest BCUT2D eigenvalue weighted by Gasteiger charge is 2.32. The molecule has 0 aromatic heterocycles. The quantitative estimate of drug-likeness (QED) is 0.870. The summed E-state index contributed by atoms with van der Waals surface area (Å²) in [6, 6.07) is 4.71. The predicted molar refractivity (Wildman–Crippen MR) is 69.6 cm³/mol. The van der Waals surface area contributed by atoms with Crippen molar-refractivity contribution < 1.29 is 14.7 Å².